The van der Waals surface area contributed by atoms with Crippen LogP contribution in [-0.2, 0) is 14.3 Å². The molecule has 0 fully saturated rings. The third-order valence-electron chi connectivity index (χ3n) is 2.92. The Kier molecular flexibility index (Phi) is 9.02. The molecule has 1 rings (SSSR count). The lowest BCUT2D eigenvalue weighted by atomic mass is 10.2. The molecule has 0 aliphatic rings. The normalized spacial score (nSPS) is 11.3. The minimum absolute atomic E-state index is 0.0886. The highest BCUT2D eigenvalue weighted by Crippen LogP contribution is 2.25. The zero-order valence-corrected chi connectivity index (χ0v) is 15.0. The van der Waals surface area contributed by atoms with Crippen molar-refractivity contribution in [2.75, 3.05) is 25.2 Å². The summed E-state index contributed by atoms with van der Waals surface area (Å²) < 4.78 is 10.1. The van der Waals surface area contributed by atoms with Crippen molar-refractivity contribution in [3.8, 4) is 6.07 Å². The van der Waals surface area contributed by atoms with E-state index in [-0.39, 0.29) is 18.8 Å². The van der Waals surface area contributed by atoms with Crippen molar-refractivity contribution >= 4 is 34.9 Å². The van der Waals surface area contributed by atoms with Crippen molar-refractivity contribution in [1.82, 2.24) is 5.43 Å². The molecular weight excluding hydrogens is 353 g/mol. The number of carbonyl (C=O) groups is 1. The number of nitrogens with zero attached hydrogens (tertiary/aromatic N) is 1. The van der Waals surface area contributed by atoms with E-state index in [2.05, 4.69) is 10.9 Å². The summed E-state index contributed by atoms with van der Waals surface area (Å²) in [5, 5.41) is 10.2. The smallest absolute Gasteiger partial charge is 0.350 e. The van der Waals surface area contributed by atoms with Crippen molar-refractivity contribution in [2.24, 2.45) is 0 Å². The fourth-order valence-electron chi connectivity index (χ4n) is 1.71. The topological polar surface area (TPSA) is 83.4 Å². The van der Waals surface area contributed by atoms with E-state index in [9.17, 15) is 10.1 Å². The van der Waals surface area contributed by atoms with Crippen molar-refractivity contribution in [1.29, 1.82) is 5.26 Å². The molecule has 1 aromatic rings. The Bertz CT molecular complexity index is 642. The van der Waals surface area contributed by atoms with Crippen molar-refractivity contribution < 1.29 is 14.3 Å². The fourth-order valence-corrected chi connectivity index (χ4v) is 2.16. The van der Waals surface area contributed by atoms with Crippen LogP contribution in [0.4, 0.5) is 5.69 Å². The predicted molar refractivity (Wildman–Crippen MR) is 93.6 cm³/mol. The highest BCUT2D eigenvalue weighted by molar-refractivity contribution is 6.36. The van der Waals surface area contributed by atoms with Gasteiger partial charge in [-0.2, -0.15) is 5.26 Å². The number of allylic oxidation sites excluding steroid dienone is 1. The summed E-state index contributed by atoms with van der Waals surface area (Å²) in [5.41, 5.74) is 6.53. The predicted octanol–water partition coefficient (Wildman–Crippen LogP) is 3.68. The number of rotatable bonds is 9. The van der Waals surface area contributed by atoms with Crippen LogP contribution >= 0.6 is 23.2 Å². The van der Waals surface area contributed by atoms with Crippen LogP contribution < -0.4 is 10.9 Å². The number of carbonyl (C=O) groups excluding carboxylic acids is 1. The quantitative estimate of drug-likeness (QED) is 0.226. The molecule has 8 heteroatoms. The van der Waals surface area contributed by atoms with Crippen LogP contribution in [0, 0.1) is 11.3 Å². The van der Waals surface area contributed by atoms with Gasteiger partial charge in [0.15, 0.2) is 5.57 Å². The van der Waals surface area contributed by atoms with Gasteiger partial charge in [-0.15, -0.1) is 0 Å². The number of benzene rings is 1. The Balaban J connectivity index is 2.77. The van der Waals surface area contributed by atoms with Crippen LogP contribution in [0.5, 0.6) is 0 Å². The maximum absolute atomic E-state index is 12.0. The van der Waals surface area contributed by atoms with Crippen LogP contribution in [0.2, 0.25) is 10.0 Å². The van der Waals surface area contributed by atoms with Crippen LogP contribution in [0.1, 0.15) is 20.3 Å². The number of nitriles is 1. The van der Waals surface area contributed by atoms with Gasteiger partial charge in [0.2, 0.25) is 0 Å². The van der Waals surface area contributed by atoms with Gasteiger partial charge in [-0.1, -0.05) is 30.1 Å². The van der Waals surface area contributed by atoms with Gasteiger partial charge in [0.1, 0.15) is 12.7 Å². The van der Waals surface area contributed by atoms with E-state index < -0.39 is 5.97 Å². The maximum atomic E-state index is 12.0. The van der Waals surface area contributed by atoms with E-state index in [1.54, 1.807) is 25.1 Å². The molecule has 1 aromatic carbocycles. The summed E-state index contributed by atoms with van der Waals surface area (Å²) in [6.45, 7) is 4.55. The second-order valence-electron chi connectivity index (χ2n) is 4.53. The van der Waals surface area contributed by atoms with Crippen molar-refractivity contribution in [3.05, 3.63) is 39.5 Å². The molecule has 0 atom stereocenters. The van der Waals surface area contributed by atoms with Crippen LogP contribution in [0.15, 0.2) is 29.5 Å². The first-order chi connectivity index (χ1) is 11.5. The first-order valence-corrected chi connectivity index (χ1v) is 8.14. The third-order valence-corrected chi connectivity index (χ3v) is 3.46. The largest absolute Gasteiger partial charge is 0.459 e. The number of hydrogen-bond acceptors (Lipinski definition) is 6. The molecule has 0 amide bonds. The summed E-state index contributed by atoms with van der Waals surface area (Å²) in [5.74, 6) is -0.703. The van der Waals surface area contributed by atoms with E-state index in [1.165, 1.54) is 0 Å². The molecule has 0 radical (unpaired) electrons. The molecule has 24 heavy (non-hydrogen) atoms. The van der Waals surface area contributed by atoms with Crippen LogP contribution in [-0.4, -0.2) is 25.8 Å². The molecule has 0 spiro atoms. The van der Waals surface area contributed by atoms with Gasteiger partial charge in [-0.25, -0.2) is 4.79 Å². The van der Waals surface area contributed by atoms with Gasteiger partial charge in [0.25, 0.3) is 0 Å². The van der Waals surface area contributed by atoms with Gasteiger partial charge in [-0.3, -0.25) is 5.43 Å². The molecule has 0 aliphatic carbocycles. The lowest BCUT2D eigenvalue weighted by molar-refractivity contribution is -0.140. The number of halogens is 2. The summed E-state index contributed by atoms with van der Waals surface area (Å²) in [7, 11) is 0. The lowest BCUT2D eigenvalue weighted by Gasteiger charge is -2.15. The fraction of sp³-hybridized carbons (Fsp3) is 0.375. The summed E-state index contributed by atoms with van der Waals surface area (Å²) in [6.07, 6.45) is 0.418. The van der Waals surface area contributed by atoms with Gasteiger partial charge in [-0.05, 0) is 31.5 Å². The number of nitrogens with one attached hydrogen (secondary N) is 2. The second kappa shape index (κ2) is 10.8. The van der Waals surface area contributed by atoms with Gasteiger partial charge in [0, 0.05) is 11.6 Å². The van der Waals surface area contributed by atoms with E-state index in [0.29, 0.717) is 34.5 Å². The molecular formula is C16H19Cl2N3O3. The Morgan fingerprint density at radius 3 is 2.62 bits per heavy atom. The van der Waals surface area contributed by atoms with Crippen molar-refractivity contribution in [3.63, 3.8) is 0 Å². The van der Waals surface area contributed by atoms with E-state index in [4.69, 9.17) is 32.7 Å². The zero-order valence-electron chi connectivity index (χ0n) is 13.5. The summed E-state index contributed by atoms with van der Waals surface area (Å²) >= 11 is 11.9. The first-order valence-electron chi connectivity index (χ1n) is 7.38. The average molecular weight is 372 g/mol. The standard InChI is InChI=1S/C16H19Cl2N3O3/c1-3-14(12(10-19)16(22)24-8-7-23-4-2)20-21-15-6-5-11(17)9-13(15)18/h5-6,9,20-21H,3-4,7-8H2,1-2H3/b14-12-. The Labute approximate surface area is 151 Å². The SMILES string of the molecule is CCOCCOC(=O)/C(C#N)=C(/CC)NNc1ccc(Cl)cc1Cl. The summed E-state index contributed by atoms with van der Waals surface area (Å²) in [6, 6.07) is 6.79. The van der Waals surface area contributed by atoms with Gasteiger partial charge >= 0.3 is 5.97 Å². The molecule has 6 nitrogen and oxygen atoms in total. The Morgan fingerprint density at radius 1 is 1.29 bits per heavy atom. The van der Waals surface area contributed by atoms with E-state index in [1.807, 2.05) is 13.0 Å². The molecule has 0 heterocycles. The molecule has 0 aliphatic heterocycles. The number of ether oxygens (including phenoxy) is 2. The number of anilines is 1. The molecule has 0 bridgehead atoms. The average Bonchev–Trinajstić information content (AvgIpc) is 2.56. The highest BCUT2D eigenvalue weighted by atomic mass is 35.5. The van der Waals surface area contributed by atoms with E-state index >= 15 is 0 Å². The Hall–Kier alpha value is -1.94. The first kappa shape index (κ1) is 20.1. The molecule has 0 saturated heterocycles. The minimum atomic E-state index is -0.703. The van der Waals surface area contributed by atoms with Crippen LogP contribution in [0.3, 0.4) is 0 Å². The van der Waals surface area contributed by atoms with Crippen LogP contribution in [0.25, 0.3) is 0 Å². The zero-order chi connectivity index (χ0) is 17.9. The van der Waals surface area contributed by atoms with E-state index in [0.717, 1.165) is 0 Å². The highest BCUT2D eigenvalue weighted by Gasteiger charge is 2.16. The lowest BCUT2D eigenvalue weighted by Crippen LogP contribution is -2.25. The van der Waals surface area contributed by atoms with Gasteiger partial charge < -0.3 is 14.9 Å². The molecule has 0 aromatic heterocycles. The summed E-state index contributed by atoms with van der Waals surface area (Å²) in [4.78, 5) is 12.0. The second-order valence-corrected chi connectivity index (χ2v) is 5.37. The number of hydrazine groups is 1. The molecule has 0 unspecified atom stereocenters. The van der Waals surface area contributed by atoms with Gasteiger partial charge in [0.05, 0.1) is 23.0 Å². The minimum Gasteiger partial charge on any atom is -0.459 e. The maximum Gasteiger partial charge on any atom is 0.350 e. The van der Waals surface area contributed by atoms with Crippen molar-refractivity contribution in [2.45, 2.75) is 20.3 Å². The molecule has 130 valence electrons. The number of hydrogen-bond donors (Lipinski definition) is 2. The Morgan fingerprint density at radius 2 is 2.04 bits per heavy atom. The monoisotopic (exact) mass is 371 g/mol. The molecule has 2 N–H and O–H groups in total. The third kappa shape index (κ3) is 6.28. The number of esters is 1. The molecule has 0 saturated carbocycles.